The summed E-state index contributed by atoms with van der Waals surface area (Å²) in [5.74, 6) is -1.64. The van der Waals surface area contributed by atoms with Crippen molar-refractivity contribution in [2.24, 2.45) is 0 Å². The molecule has 3 heterocycles. The highest BCUT2D eigenvalue weighted by Crippen LogP contribution is 2.33. The number of rotatable bonds is 6. The van der Waals surface area contributed by atoms with E-state index in [4.69, 9.17) is 9.15 Å². The number of amides is 1. The lowest BCUT2D eigenvalue weighted by molar-refractivity contribution is 0.0270. The summed E-state index contributed by atoms with van der Waals surface area (Å²) in [6.07, 6.45) is 2.24. The number of nitrogens with zero attached hydrogens (tertiary/aromatic N) is 3. The van der Waals surface area contributed by atoms with Crippen LogP contribution in [0.4, 0.5) is 15.0 Å². The van der Waals surface area contributed by atoms with Gasteiger partial charge >= 0.3 is 11.8 Å². The number of pyridine rings is 1. The highest BCUT2D eigenvalue weighted by Gasteiger charge is 2.27. The van der Waals surface area contributed by atoms with E-state index in [1.165, 1.54) is 22.8 Å². The zero-order valence-corrected chi connectivity index (χ0v) is 25.4. The van der Waals surface area contributed by atoms with Gasteiger partial charge in [0.1, 0.15) is 11.4 Å². The fraction of sp³-hybridized carbons (Fsp3) is 0.323. The van der Waals surface area contributed by atoms with E-state index in [1.54, 1.807) is 17.9 Å². The van der Waals surface area contributed by atoms with Crippen LogP contribution in [0.15, 0.2) is 74.8 Å². The van der Waals surface area contributed by atoms with Crippen molar-refractivity contribution < 1.29 is 26.8 Å². The number of carbonyl (C=O) groups excluding carboxylic acids is 1. The van der Waals surface area contributed by atoms with Gasteiger partial charge in [0.2, 0.25) is 5.95 Å². The van der Waals surface area contributed by atoms with Gasteiger partial charge in [-0.25, -0.2) is 23.0 Å². The van der Waals surface area contributed by atoms with Gasteiger partial charge < -0.3 is 14.1 Å². The van der Waals surface area contributed by atoms with Crippen molar-refractivity contribution in [3.8, 4) is 0 Å². The Hall–Kier alpha value is -4.45. The van der Waals surface area contributed by atoms with Gasteiger partial charge in [0.25, 0.3) is 10.0 Å². The van der Waals surface area contributed by atoms with Crippen LogP contribution >= 0.6 is 0 Å². The molecule has 5 rings (SSSR count). The first-order valence-electron chi connectivity index (χ1n) is 13.8. The number of halogens is 1. The minimum Gasteiger partial charge on any atom is -0.444 e. The SMILES string of the molecule is Cc1cc2c(cc1S(=O)(=O)Nc1cccc(F)n1)oc(=O)n2[C@H](C)c1ccccc1C1=CCN(C(=O)OC(C)(C)C)CC1. The fourth-order valence-corrected chi connectivity index (χ4v) is 6.42. The summed E-state index contributed by atoms with van der Waals surface area (Å²) in [7, 11) is -4.17. The Labute approximate surface area is 248 Å². The number of aromatic nitrogens is 2. The Kier molecular flexibility index (Phi) is 7.91. The van der Waals surface area contributed by atoms with Crippen molar-refractivity contribution in [1.82, 2.24) is 14.5 Å². The van der Waals surface area contributed by atoms with Gasteiger partial charge in [-0.3, -0.25) is 9.29 Å². The van der Waals surface area contributed by atoms with Crippen molar-refractivity contribution in [1.29, 1.82) is 0 Å². The predicted molar refractivity (Wildman–Crippen MR) is 161 cm³/mol. The summed E-state index contributed by atoms with van der Waals surface area (Å²) in [5.41, 5.74) is 3.18. The molecule has 10 nitrogen and oxygen atoms in total. The van der Waals surface area contributed by atoms with E-state index >= 15 is 0 Å². The average molecular weight is 609 g/mol. The molecule has 4 aromatic rings. The first-order valence-corrected chi connectivity index (χ1v) is 15.3. The van der Waals surface area contributed by atoms with Gasteiger partial charge in [0.15, 0.2) is 5.58 Å². The first kappa shape index (κ1) is 30.0. The summed E-state index contributed by atoms with van der Waals surface area (Å²) in [4.78, 5) is 30.8. The first-order chi connectivity index (χ1) is 20.2. The molecule has 1 aliphatic rings. The number of aryl methyl sites for hydroxylation is 1. The number of hydrogen-bond donors (Lipinski definition) is 1. The maximum atomic E-state index is 13.5. The molecule has 0 bridgehead atoms. The molecular formula is C31H33FN4O6S. The van der Waals surface area contributed by atoms with E-state index in [2.05, 4.69) is 9.71 Å². The Balaban J connectivity index is 1.46. The van der Waals surface area contributed by atoms with E-state index < -0.39 is 33.4 Å². The van der Waals surface area contributed by atoms with Gasteiger partial charge in [0.05, 0.1) is 16.5 Å². The molecule has 0 unspecified atom stereocenters. The number of oxazole rings is 1. The summed E-state index contributed by atoms with van der Waals surface area (Å²) in [6.45, 7) is 9.87. The van der Waals surface area contributed by atoms with Crippen LogP contribution in [0.25, 0.3) is 16.7 Å². The highest BCUT2D eigenvalue weighted by molar-refractivity contribution is 7.92. The Morgan fingerprint density at radius 1 is 1.14 bits per heavy atom. The van der Waals surface area contributed by atoms with E-state index in [-0.39, 0.29) is 22.4 Å². The second-order valence-electron chi connectivity index (χ2n) is 11.4. The number of fused-ring (bicyclic) bond motifs is 1. The number of benzene rings is 2. The summed E-state index contributed by atoms with van der Waals surface area (Å²) < 4.78 is 54.6. The Morgan fingerprint density at radius 2 is 1.88 bits per heavy atom. The maximum absolute atomic E-state index is 13.5. The Morgan fingerprint density at radius 3 is 2.56 bits per heavy atom. The molecule has 1 N–H and O–H groups in total. The molecule has 1 amide bonds. The van der Waals surface area contributed by atoms with Crippen LogP contribution < -0.4 is 10.5 Å². The molecule has 12 heteroatoms. The molecule has 1 aliphatic heterocycles. The molecule has 0 spiro atoms. The zero-order valence-electron chi connectivity index (χ0n) is 24.5. The average Bonchev–Trinajstić information content (AvgIpc) is 3.25. The van der Waals surface area contributed by atoms with E-state index in [0.29, 0.717) is 30.6 Å². The largest absolute Gasteiger partial charge is 0.444 e. The molecule has 0 saturated carbocycles. The predicted octanol–water partition coefficient (Wildman–Crippen LogP) is 5.87. The van der Waals surface area contributed by atoms with Crippen LogP contribution in [-0.2, 0) is 14.8 Å². The number of carbonyl (C=O) groups is 1. The van der Waals surface area contributed by atoms with Crippen molar-refractivity contribution in [3.05, 3.63) is 93.9 Å². The number of hydrogen-bond acceptors (Lipinski definition) is 7. The van der Waals surface area contributed by atoms with Crippen LogP contribution in [0.1, 0.15) is 56.8 Å². The van der Waals surface area contributed by atoms with Gasteiger partial charge in [-0.05, 0) is 81.5 Å². The van der Waals surface area contributed by atoms with Gasteiger partial charge in [-0.2, -0.15) is 4.39 Å². The number of ether oxygens (including phenoxy) is 1. The molecular weight excluding hydrogens is 575 g/mol. The standard InChI is InChI=1S/C31H33FN4O6S/c1-19-17-24-25(18-26(19)43(39,40)34-28-12-8-11-27(32)33-28)41-30(38)36(24)20(2)22-9-6-7-10-23(22)21-13-15-35(16-14-21)29(37)42-31(3,4)5/h6-13,17-18,20H,14-16H2,1-5H3,(H,33,34)/t20-/m1/s1. The van der Waals surface area contributed by atoms with Crippen LogP contribution in [0, 0.1) is 12.9 Å². The topological polar surface area (TPSA) is 124 Å². The normalized spacial score (nSPS) is 14.8. The number of anilines is 1. The molecule has 2 aromatic carbocycles. The maximum Gasteiger partial charge on any atom is 0.420 e. The number of nitrogens with one attached hydrogen (secondary N) is 1. The lowest BCUT2D eigenvalue weighted by Gasteiger charge is -2.30. The number of sulfonamides is 1. The van der Waals surface area contributed by atoms with Crippen molar-refractivity contribution in [2.75, 3.05) is 17.8 Å². The van der Waals surface area contributed by atoms with Gasteiger partial charge in [0, 0.05) is 19.2 Å². The molecule has 0 saturated heterocycles. The molecule has 2 aromatic heterocycles. The van der Waals surface area contributed by atoms with Crippen molar-refractivity contribution >= 4 is 38.6 Å². The monoisotopic (exact) mass is 608 g/mol. The van der Waals surface area contributed by atoms with E-state index in [1.807, 2.05) is 58.0 Å². The van der Waals surface area contributed by atoms with Crippen LogP contribution in [0.3, 0.4) is 0 Å². The third-order valence-corrected chi connectivity index (χ3v) is 8.66. The molecule has 0 radical (unpaired) electrons. The van der Waals surface area contributed by atoms with Crippen LogP contribution in [-0.4, -0.2) is 47.7 Å². The molecule has 226 valence electrons. The lowest BCUT2D eigenvalue weighted by Crippen LogP contribution is -2.39. The quantitative estimate of drug-likeness (QED) is 0.272. The summed E-state index contributed by atoms with van der Waals surface area (Å²) >= 11 is 0. The third-order valence-electron chi connectivity index (χ3n) is 7.16. The van der Waals surface area contributed by atoms with Crippen LogP contribution in [0.5, 0.6) is 0 Å². The molecule has 0 fully saturated rings. The van der Waals surface area contributed by atoms with Crippen molar-refractivity contribution in [3.63, 3.8) is 0 Å². The van der Waals surface area contributed by atoms with Gasteiger partial charge in [-0.15, -0.1) is 0 Å². The Bertz CT molecular complexity index is 1910. The van der Waals surface area contributed by atoms with Crippen LogP contribution in [0.2, 0.25) is 0 Å². The smallest absolute Gasteiger partial charge is 0.420 e. The van der Waals surface area contributed by atoms with E-state index in [9.17, 15) is 22.4 Å². The second kappa shape index (κ2) is 11.3. The fourth-order valence-electron chi connectivity index (χ4n) is 5.18. The van der Waals surface area contributed by atoms with Gasteiger partial charge in [-0.1, -0.05) is 36.4 Å². The van der Waals surface area contributed by atoms with Crippen molar-refractivity contribution in [2.45, 2.75) is 57.6 Å². The zero-order chi connectivity index (χ0) is 31.1. The molecule has 43 heavy (non-hydrogen) atoms. The second-order valence-corrected chi connectivity index (χ2v) is 13.1. The highest BCUT2D eigenvalue weighted by atomic mass is 32.2. The molecule has 1 atom stereocenters. The summed E-state index contributed by atoms with van der Waals surface area (Å²) in [6, 6.07) is 13.9. The minimum atomic E-state index is -4.17. The minimum absolute atomic E-state index is 0.0948. The van der Waals surface area contributed by atoms with E-state index in [0.717, 1.165) is 22.8 Å². The molecule has 0 aliphatic carbocycles. The lowest BCUT2D eigenvalue weighted by atomic mass is 9.92. The third kappa shape index (κ3) is 6.34. The summed E-state index contributed by atoms with van der Waals surface area (Å²) in [5, 5.41) is 0.